The van der Waals surface area contributed by atoms with Gasteiger partial charge in [0.25, 0.3) is 0 Å². The minimum Gasteiger partial charge on any atom is -0.366 e. The number of piperazine rings is 1. The van der Waals surface area contributed by atoms with Crippen LogP contribution in [0.25, 0.3) is 0 Å². The lowest BCUT2D eigenvalue weighted by atomic mass is 10.1. The molecule has 1 aromatic carbocycles. The number of halogens is 1. The molecule has 4 heteroatoms. The molecule has 0 bridgehead atoms. The third-order valence-corrected chi connectivity index (χ3v) is 3.22. The van der Waals surface area contributed by atoms with Gasteiger partial charge in [-0.1, -0.05) is 11.6 Å². The number of hydrogen-bond donors (Lipinski definition) is 1. The number of hydrogen-bond acceptors (Lipinski definition) is 3. The van der Waals surface area contributed by atoms with Gasteiger partial charge in [0, 0.05) is 31.4 Å². The second-order valence-electron chi connectivity index (χ2n) is 4.02. The maximum Gasteiger partial charge on any atom is 0.101 e. The summed E-state index contributed by atoms with van der Waals surface area (Å²) >= 11 is 6.03. The fourth-order valence-electron chi connectivity index (χ4n) is 2.00. The van der Waals surface area contributed by atoms with Crippen LogP contribution in [0.2, 0.25) is 5.02 Å². The van der Waals surface area contributed by atoms with Crippen LogP contribution in [0.15, 0.2) is 18.2 Å². The van der Waals surface area contributed by atoms with Gasteiger partial charge in [0.15, 0.2) is 0 Å². The Hall–Kier alpha value is -1.24. The highest BCUT2D eigenvalue weighted by Crippen LogP contribution is 2.25. The first-order valence-corrected chi connectivity index (χ1v) is 5.77. The van der Waals surface area contributed by atoms with Gasteiger partial charge in [-0.3, -0.25) is 0 Å². The highest BCUT2D eigenvalue weighted by atomic mass is 35.5. The first-order chi connectivity index (χ1) is 7.72. The highest BCUT2D eigenvalue weighted by Gasteiger charge is 2.18. The highest BCUT2D eigenvalue weighted by molar-refractivity contribution is 6.32. The molecule has 1 saturated heterocycles. The van der Waals surface area contributed by atoms with Crippen LogP contribution in [0.3, 0.4) is 0 Å². The van der Waals surface area contributed by atoms with Crippen molar-refractivity contribution in [3.05, 3.63) is 28.8 Å². The molecule has 0 radical (unpaired) electrons. The Morgan fingerprint density at radius 1 is 1.56 bits per heavy atom. The maximum atomic E-state index is 8.81. The molecule has 0 amide bonds. The summed E-state index contributed by atoms with van der Waals surface area (Å²) in [7, 11) is 0. The largest absolute Gasteiger partial charge is 0.366 e. The average Bonchev–Trinajstić information content (AvgIpc) is 2.29. The molecule has 2 rings (SSSR count). The molecule has 1 aromatic rings. The summed E-state index contributed by atoms with van der Waals surface area (Å²) in [6.45, 7) is 5.13. The molecule has 1 unspecified atom stereocenters. The van der Waals surface area contributed by atoms with E-state index in [9.17, 15) is 0 Å². The molecule has 1 heterocycles. The van der Waals surface area contributed by atoms with Gasteiger partial charge < -0.3 is 10.2 Å². The summed E-state index contributed by atoms with van der Waals surface area (Å²) in [6.07, 6.45) is 0. The number of nitriles is 1. The van der Waals surface area contributed by atoms with E-state index in [4.69, 9.17) is 16.9 Å². The van der Waals surface area contributed by atoms with E-state index in [1.165, 1.54) is 0 Å². The van der Waals surface area contributed by atoms with E-state index >= 15 is 0 Å². The molecular formula is C12H14ClN3. The lowest BCUT2D eigenvalue weighted by Crippen LogP contribution is -2.49. The molecule has 1 aliphatic heterocycles. The summed E-state index contributed by atoms with van der Waals surface area (Å²) in [5.74, 6) is 0. The van der Waals surface area contributed by atoms with Crippen molar-refractivity contribution in [2.24, 2.45) is 0 Å². The molecule has 0 saturated carbocycles. The average molecular weight is 236 g/mol. The predicted octanol–water partition coefficient (Wildman–Crippen LogP) is 2.01. The van der Waals surface area contributed by atoms with E-state index in [-0.39, 0.29) is 0 Å². The standard InChI is InChI=1S/C12H14ClN3/c1-9-8-15-4-5-16(9)11-3-2-10(7-14)12(13)6-11/h2-3,6,9,15H,4-5,8H2,1H3. The number of benzene rings is 1. The zero-order valence-corrected chi connectivity index (χ0v) is 9.96. The van der Waals surface area contributed by atoms with Crippen LogP contribution < -0.4 is 10.2 Å². The van der Waals surface area contributed by atoms with Crippen molar-refractivity contribution in [1.82, 2.24) is 5.32 Å². The Bertz CT molecular complexity index is 425. The Morgan fingerprint density at radius 2 is 2.38 bits per heavy atom. The molecule has 1 aliphatic rings. The minimum atomic E-state index is 0.456. The van der Waals surface area contributed by atoms with Gasteiger partial charge in [0.1, 0.15) is 6.07 Å². The third-order valence-electron chi connectivity index (χ3n) is 2.91. The summed E-state index contributed by atoms with van der Waals surface area (Å²) in [6, 6.07) is 8.16. The smallest absolute Gasteiger partial charge is 0.101 e. The number of nitrogens with one attached hydrogen (secondary N) is 1. The zero-order valence-electron chi connectivity index (χ0n) is 9.20. The van der Waals surface area contributed by atoms with Crippen molar-refractivity contribution in [2.45, 2.75) is 13.0 Å². The van der Waals surface area contributed by atoms with Crippen molar-refractivity contribution in [2.75, 3.05) is 24.5 Å². The molecule has 84 valence electrons. The summed E-state index contributed by atoms with van der Waals surface area (Å²) < 4.78 is 0. The lowest BCUT2D eigenvalue weighted by Gasteiger charge is -2.36. The van der Waals surface area contributed by atoms with E-state index in [1.807, 2.05) is 12.1 Å². The normalized spacial score (nSPS) is 20.6. The number of nitrogens with zero attached hydrogens (tertiary/aromatic N) is 2. The quantitative estimate of drug-likeness (QED) is 0.810. The summed E-state index contributed by atoms with van der Waals surface area (Å²) in [5, 5.41) is 12.7. The Kier molecular flexibility index (Phi) is 3.33. The first kappa shape index (κ1) is 11.3. The molecule has 16 heavy (non-hydrogen) atoms. The third kappa shape index (κ3) is 2.13. The molecule has 0 spiro atoms. The lowest BCUT2D eigenvalue weighted by molar-refractivity contribution is 0.501. The van der Waals surface area contributed by atoms with Gasteiger partial charge >= 0.3 is 0 Å². The molecule has 1 atom stereocenters. The van der Waals surface area contributed by atoms with Crippen LogP contribution in [0.1, 0.15) is 12.5 Å². The van der Waals surface area contributed by atoms with Crippen molar-refractivity contribution in [3.63, 3.8) is 0 Å². The van der Waals surface area contributed by atoms with Crippen LogP contribution in [0.5, 0.6) is 0 Å². The maximum absolute atomic E-state index is 8.81. The second-order valence-corrected chi connectivity index (χ2v) is 4.43. The SMILES string of the molecule is CC1CNCCN1c1ccc(C#N)c(Cl)c1. The second kappa shape index (κ2) is 4.73. The van der Waals surface area contributed by atoms with E-state index in [0.29, 0.717) is 16.6 Å². The fraction of sp³-hybridized carbons (Fsp3) is 0.417. The molecule has 0 aromatic heterocycles. The van der Waals surface area contributed by atoms with Crippen LogP contribution in [-0.4, -0.2) is 25.7 Å². The predicted molar refractivity (Wildman–Crippen MR) is 65.8 cm³/mol. The topological polar surface area (TPSA) is 39.1 Å². The van der Waals surface area contributed by atoms with E-state index < -0.39 is 0 Å². The van der Waals surface area contributed by atoms with Gasteiger partial charge in [-0.25, -0.2) is 0 Å². The van der Waals surface area contributed by atoms with Gasteiger partial charge in [0.05, 0.1) is 10.6 Å². The summed E-state index contributed by atoms with van der Waals surface area (Å²) in [4.78, 5) is 2.31. The van der Waals surface area contributed by atoms with Crippen molar-refractivity contribution < 1.29 is 0 Å². The van der Waals surface area contributed by atoms with Crippen molar-refractivity contribution in [3.8, 4) is 6.07 Å². The molecule has 0 aliphatic carbocycles. The van der Waals surface area contributed by atoms with Gasteiger partial charge in [-0.15, -0.1) is 0 Å². The van der Waals surface area contributed by atoms with Gasteiger partial charge in [-0.2, -0.15) is 5.26 Å². The Balaban J connectivity index is 2.27. The van der Waals surface area contributed by atoms with Gasteiger partial charge in [-0.05, 0) is 25.1 Å². The summed E-state index contributed by atoms with van der Waals surface area (Å²) in [5.41, 5.74) is 1.63. The van der Waals surface area contributed by atoms with Crippen LogP contribution in [0, 0.1) is 11.3 Å². The van der Waals surface area contributed by atoms with E-state index in [2.05, 4.69) is 23.2 Å². The number of anilines is 1. The van der Waals surface area contributed by atoms with E-state index in [1.54, 1.807) is 6.07 Å². The Morgan fingerprint density at radius 3 is 3.00 bits per heavy atom. The van der Waals surface area contributed by atoms with Crippen LogP contribution >= 0.6 is 11.6 Å². The Labute approximate surface area is 101 Å². The van der Waals surface area contributed by atoms with Crippen LogP contribution in [0.4, 0.5) is 5.69 Å². The van der Waals surface area contributed by atoms with Crippen molar-refractivity contribution >= 4 is 17.3 Å². The molecule has 1 fully saturated rings. The van der Waals surface area contributed by atoms with Gasteiger partial charge in [0.2, 0.25) is 0 Å². The van der Waals surface area contributed by atoms with Crippen LogP contribution in [-0.2, 0) is 0 Å². The number of rotatable bonds is 1. The monoisotopic (exact) mass is 235 g/mol. The van der Waals surface area contributed by atoms with E-state index in [0.717, 1.165) is 25.3 Å². The fourth-order valence-corrected chi connectivity index (χ4v) is 2.22. The molecule has 3 nitrogen and oxygen atoms in total. The zero-order chi connectivity index (χ0) is 11.5. The first-order valence-electron chi connectivity index (χ1n) is 5.39. The van der Waals surface area contributed by atoms with Crippen molar-refractivity contribution in [1.29, 1.82) is 5.26 Å². The minimum absolute atomic E-state index is 0.456. The molecule has 1 N–H and O–H groups in total. The molecular weight excluding hydrogens is 222 g/mol.